The third kappa shape index (κ3) is 10.4. The number of cyclic esters (lactones) is 1. The highest BCUT2D eigenvalue weighted by molar-refractivity contribution is 6.74. The smallest absolute Gasteiger partial charge is 0.417 e. The first-order chi connectivity index (χ1) is 17.1. The van der Waals surface area contributed by atoms with Gasteiger partial charge in [-0.1, -0.05) is 99.1 Å². The molecule has 1 heterocycles. The summed E-state index contributed by atoms with van der Waals surface area (Å²) in [5.74, 6) is -0.115. The predicted octanol–water partition coefficient (Wildman–Crippen LogP) is 9.05. The second-order valence-corrected chi connectivity index (χ2v) is 17.7. The number of rotatable bonds is 15. The number of allylic oxidation sites excluding steroid dienone is 1. The lowest BCUT2D eigenvalue weighted by molar-refractivity contribution is -0.125. The van der Waals surface area contributed by atoms with Crippen molar-refractivity contribution in [2.24, 2.45) is 11.8 Å². The average Bonchev–Trinajstić information content (AvgIpc) is 3.19. The molecule has 0 radical (unpaired) electrons. The van der Waals surface area contributed by atoms with Crippen LogP contribution >= 0.6 is 0 Å². The molecule has 0 spiro atoms. The summed E-state index contributed by atoms with van der Waals surface area (Å²) in [6.07, 6.45) is 13.9. The molecule has 1 rings (SSSR count). The summed E-state index contributed by atoms with van der Waals surface area (Å²) < 4.78 is 12.2. The van der Waals surface area contributed by atoms with E-state index < -0.39 is 14.4 Å². The van der Waals surface area contributed by atoms with Gasteiger partial charge in [0.2, 0.25) is 0 Å². The van der Waals surface area contributed by atoms with Crippen molar-refractivity contribution >= 4 is 20.3 Å². The summed E-state index contributed by atoms with van der Waals surface area (Å²) in [6.45, 7) is 24.0. The molecule has 0 N–H and O–H groups in total. The molecule has 1 fully saturated rings. The second kappa shape index (κ2) is 15.3. The normalized spacial score (nSPS) is 19.4. The Hall–Kier alpha value is -1.40. The molecule has 2 amide bonds. The molecular weight excluding hydrogens is 478 g/mol. The minimum Gasteiger partial charge on any atom is -0.447 e. The van der Waals surface area contributed by atoms with Crippen molar-refractivity contribution < 1.29 is 18.8 Å². The fraction of sp³-hybridized carbons (Fsp3) is 0.806. The molecule has 37 heavy (non-hydrogen) atoms. The maximum atomic E-state index is 13.3. The fourth-order valence-corrected chi connectivity index (χ4v) is 5.95. The molecule has 1 aliphatic rings. The highest BCUT2D eigenvalue weighted by atomic mass is 28.4. The van der Waals surface area contributed by atoms with Gasteiger partial charge in [0, 0.05) is 11.5 Å². The molecule has 0 unspecified atom stereocenters. The molecule has 0 aromatic carbocycles. The maximum absolute atomic E-state index is 13.3. The molecule has 1 aliphatic heterocycles. The van der Waals surface area contributed by atoms with Gasteiger partial charge < -0.3 is 9.16 Å². The van der Waals surface area contributed by atoms with E-state index in [1.54, 1.807) is 0 Å². The SMILES string of the molecule is CCCCCCCCC/C=C(\C)[C@@H](O[Si](C)(C)C(C)(C)C)[C@@H](C)/C=C(\C)C(=O)N1C(=O)OC[C@@H]1C(C)C. The summed E-state index contributed by atoms with van der Waals surface area (Å²) in [4.78, 5) is 26.9. The third-order valence-corrected chi connectivity index (χ3v) is 12.6. The van der Waals surface area contributed by atoms with Crippen LogP contribution in [0.5, 0.6) is 0 Å². The van der Waals surface area contributed by atoms with Gasteiger partial charge in [0.15, 0.2) is 8.32 Å². The average molecular weight is 536 g/mol. The molecule has 0 aromatic rings. The van der Waals surface area contributed by atoms with Gasteiger partial charge in [-0.25, -0.2) is 9.69 Å². The number of carbonyl (C=O) groups is 2. The van der Waals surface area contributed by atoms with Crippen LogP contribution in [0.25, 0.3) is 0 Å². The minimum absolute atomic E-state index is 0.000470. The molecule has 0 saturated carbocycles. The Morgan fingerprint density at radius 3 is 2.19 bits per heavy atom. The van der Waals surface area contributed by atoms with E-state index in [0.29, 0.717) is 5.57 Å². The number of carbonyl (C=O) groups excluding carboxylic acids is 2. The zero-order chi connectivity index (χ0) is 28.4. The standard InChI is InChI=1S/C31H57NO4Si/c1-12-13-14-15-16-17-18-19-20-24(4)28(36-37(10,11)31(7,8)9)25(5)21-26(6)29(33)32-27(23(2)3)22-35-30(32)34/h20-21,23,25,27-28H,12-19,22H2,1-11H3/b24-20+,26-21+/t25-,27+,28+/m0/s1. The highest BCUT2D eigenvalue weighted by Crippen LogP contribution is 2.39. The summed E-state index contributed by atoms with van der Waals surface area (Å²) >= 11 is 0. The van der Waals surface area contributed by atoms with Gasteiger partial charge in [0.05, 0.1) is 12.1 Å². The van der Waals surface area contributed by atoms with E-state index in [2.05, 4.69) is 60.7 Å². The molecule has 3 atom stereocenters. The first kappa shape index (κ1) is 33.6. The van der Waals surface area contributed by atoms with Crippen molar-refractivity contribution in [1.82, 2.24) is 4.90 Å². The van der Waals surface area contributed by atoms with E-state index in [-0.39, 0.29) is 41.5 Å². The molecule has 0 bridgehead atoms. The molecule has 1 saturated heterocycles. The number of ether oxygens (including phenoxy) is 1. The van der Waals surface area contributed by atoms with Gasteiger partial charge in [0.1, 0.15) is 6.61 Å². The van der Waals surface area contributed by atoms with E-state index in [0.717, 1.165) is 6.42 Å². The van der Waals surface area contributed by atoms with Gasteiger partial charge in [-0.2, -0.15) is 0 Å². The lowest BCUT2D eigenvalue weighted by Gasteiger charge is -2.41. The van der Waals surface area contributed by atoms with Crippen molar-refractivity contribution in [3.05, 3.63) is 23.3 Å². The van der Waals surface area contributed by atoms with E-state index in [9.17, 15) is 9.59 Å². The topological polar surface area (TPSA) is 55.8 Å². The summed E-state index contributed by atoms with van der Waals surface area (Å²) in [7, 11) is -2.05. The molecular formula is C31H57NO4Si. The number of nitrogens with zero attached hydrogens (tertiary/aromatic N) is 1. The van der Waals surface area contributed by atoms with Gasteiger partial charge in [-0.15, -0.1) is 0 Å². The monoisotopic (exact) mass is 535 g/mol. The van der Waals surface area contributed by atoms with Gasteiger partial charge in [-0.05, 0) is 56.3 Å². The van der Waals surface area contributed by atoms with Crippen molar-refractivity contribution in [2.45, 2.75) is 144 Å². The van der Waals surface area contributed by atoms with Crippen LogP contribution in [0.4, 0.5) is 4.79 Å². The van der Waals surface area contributed by atoms with Crippen LogP contribution in [0.2, 0.25) is 18.1 Å². The zero-order valence-electron chi connectivity index (χ0n) is 25.9. The Balaban J connectivity index is 3.04. The van der Waals surface area contributed by atoms with Gasteiger partial charge >= 0.3 is 6.09 Å². The summed E-state index contributed by atoms with van der Waals surface area (Å²) in [5.41, 5.74) is 1.81. The van der Waals surface area contributed by atoms with Crippen LogP contribution in [0.15, 0.2) is 23.3 Å². The molecule has 6 heteroatoms. The maximum Gasteiger partial charge on any atom is 0.417 e. The number of hydrogen-bond donors (Lipinski definition) is 0. The van der Waals surface area contributed by atoms with E-state index >= 15 is 0 Å². The number of unbranched alkanes of at least 4 members (excludes halogenated alkanes) is 7. The first-order valence-electron chi connectivity index (χ1n) is 14.7. The predicted molar refractivity (Wildman–Crippen MR) is 158 cm³/mol. The van der Waals surface area contributed by atoms with Crippen LogP contribution in [0.1, 0.15) is 114 Å². The van der Waals surface area contributed by atoms with Crippen LogP contribution in [0, 0.1) is 11.8 Å². The Kier molecular flexibility index (Phi) is 13.9. The van der Waals surface area contributed by atoms with Gasteiger partial charge in [0.25, 0.3) is 5.91 Å². The van der Waals surface area contributed by atoms with Crippen LogP contribution < -0.4 is 0 Å². The highest BCUT2D eigenvalue weighted by Gasteiger charge is 2.42. The zero-order valence-corrected chi connectivity index (χ0v) is 26.9. The molecule has 5 nitrogen and oxygen atoms in total. The minimum atomic E-state index is -2.05. The largest absolute Gasteiger partial charge is 0.447 e. The Morgan fingerprint density at radius 2 is 1.65 bits per heavy atom. The Labute approximate surface area is 229 Å². The van der Waals surface area contributed by atoms with Crippen LogP contribution in [0.3, 0.4) is 0 Å². The Morgan fingerprint density at radius 1 is 1.08 bits per heavy atom. The lowest BCUT2D eigenvalue weighted by atomic mass is 9.94. The molecule has 0 aromatic heterocycles. The van der Waals surface area contributed by atoms with E-state index in [1.807, 2.05) is 26.8 Å². The van der Waals surface area contributed by atoms with Crippen molar-refractivity contribution in [3.63, 3.8) is 0 Å². The lowest BCUT2D eigenvalue weighted by Crippen LogP contribution is -2.46. The summed E-state index contributed by atoms with van der Waals surface area (Å²) in [6, 6.07) is -0.221. The summed E-state index contributed by atoms with van der Waals surface area (Å²) in [5, 5.41) is 0.0854. The third-order valence-electron chi connectivity index (χ3n) is 8.17. The van der Waals surface area contributed by atoms with Crippen molar-refractivity contribution in [1.29, 1.82) is 0 Å². The number of amides is 2. The van der Waals surface area contributed by atoms with E-state index in [4.69, 9.17) is 9.16 Å². The van der Waals surface area contributed by atoms with Crippen molar-refractivity contribution in [3.8, 4) is 0 Å². The first-order valence-corrected chi connectivity index (χ1v) is 17.6. The van der Waals surface area contributed by atoms with Crippen LogP contribution in [-0.4, -0.2) is 44.0 Å². The fourth-order valence-electron chi connectivity index (χ4n) is 4.56. The van der Waals surface area contributed by atoms with E-state index in [1.165, 1.54) is 55.4 Å². The quantitative estimate of drug-likeness (QED) is 0.0908. The van der Waals surface area contributed by atoms with Gasteiger partial charge in [-0.3, -0.25) is 4.79 Å². The number of imide groups is 1. The van der Waals surface area contributed by atoms with Crippen LogP contribution in [-0.2, 0) is 14.0 Å². The molecule has 214 valence electrons. The number of hydrogen-bond acceptors (Lipinski definition) is 4. The molecule has 0 aliphatic carbocycles. The Bertz CT molecular complexity index is 794. The second-order valence-electron chi connectivity index (χ2n) is 12.9. The van der Waals surface area contributed by atoms with Crippen molar-refractivity contribution in [2.75, 3.05) is 6.61 Å².